The van der Waals surface area contributed by atoms with E-state index in [2.05, 4.69) is 4.72 Å². The molecule has 6 nitrogen and oxygen atoms in total. The van der Waals surface area contributed by atoms with Gasteiger partial charge in [-0.25, -0.2) is 13.1 Å². The average Bonchev–Trinajstić information content (AvgIpc) is 3.02. The van der Waals surface area contributed by atoms with Crippen LogP contribution in [0.15, 0.2) is 53.4 Å². The van der Waals surface area contributed by atoms with Gasteiger partial charge in [0.15, 0.2) is 0 Å². The fraction of sp³-hybridized carbons (Fsp3) is 0.316. The Kier molecular flexibility index (Phi) is 6.04. The molecule has 1 aliphatic heterocycles. The number of ether oxygens (including phenoxy) is 1. The maximum absolute atomic E-state index is 12.4. The van der Waals surface area contributed by atoms with Gasteiger partial charge in [-0.05, 0) is 49.2 Å². The Morgan fingerprint density at radius 1 is 1.19 bits per heavy atom. The maximum atomic E-state index is 12.4. The van der Waals surface area contributed by atoms with Crippen LogP contribution in [0.2, 0.25) is 5.02 Å². The normalized spacial score (nSPS) is 17.3. The van der Waals surface area contributed by atoms with E-state index in [-0.39, 0.29) is 34.7 Å². The fourth-order valence-electron chi connectivity index (χ4n) is 3.02. The third-order valence-corrected chi connectivity index (χ3v) is 6.28. The van der Waals surface area contributed by atoms with E-state index in [4.69, 9.17) is 16.3 Å². The number of nitrogens with zero attached hydrogens (tertiary/aromatic N) is 1. The summed E-state index contributed by atoms with van der Waals surface area (Å²) in [5.41, 5.74) is 0.778. The molecule has 0 radical (unpaired) electrons. The molecule has 0 saturated carbocycles. The predicted octanol–water partition coefficient (Wildman–Crippen LogP) is 3.07. The lowest BCUT2D eigenvalue weighted by Gasteiger charge is -2.17. The van der Waals surface area contributed by atoms with Crippen LogP contribution < -0.4 is 14.4 Å². The second-order valence-corrected chi connectivity index (χ2v) is 8.43. The molecular formula is C19H21ClN2O4S. The average molecular weight is 409 g/mol. The topological polar surface area (TPSA) is 75.7 Å². The highest BCUT2D eigenvalue weighted by atomic mass is 35.5. The van der Waals surface area contributed by atoms with Crippen LogP contribution in [0.1, 0.15) is 13.3 Å². The SMILES string of the molecule is CCOc1ccc(N2C[C@H](CNS(=O)(=O)c3ccccc3Cl)CC2=O)cc1. The molecule has 8 heteroatoms. The molecule has 0 spiro atoms. The van der Waals surface area contributed by atoms with Gasteiger partial charge in [0.2, 0.25) is 15.9 Å². The van der Waals surface area contributed by atoms with Crippen molar-refractivity contribution in [3.63, 3.8) is 0 Å². The van der Waals surface area contributed by atoms with Crippen molar-refractivity contribution in [3.05, 3.63) is 53.6 Å². The smallest absolute Gasteiger partial charge is 0.242 e. The van der Waals surface area contributed by atoms with E-state index in [0.29, 0.717) is 13.2 Å². The van der Waals surface area contributed by atoms with Crippen LogP contribution >= 0.6 is 11.6 Å². The van der Waals surface area contributed by atoms with Gasteiger partial charge < -0.3 is 9.64 Å². The molecule has 1 saturated heterocycles. The van der Waals surface area contributed by atoms with Crippen LogP contribution in [-0.2, 0) is 14.8 Å². The summed E-state index contributed by atoms with van der Waals surface area (Å²) in [6.07, 6.45) is 0.290. The van der Waals surface area contributed by atoms with Gasteiger partial charge in [0.25, 0.3) is 0 Å². The Bertz CT molecular complexity index is 916. The molecular weight excluding hydrogens is 388 g/mol. The highest BCUT2D eigenvalue weighted by molar-refractivity contribution is 7.89. The highest BCUT2D eigenvalue weighted by Crippen LogP contribution is 2.27. The van der Waals surface area contributed by atoms with E-state index in [0.717, 1.165) is 11.4 Å². The van der Waals surface area contributed by atoms with Crippen LogP contribution in [0.5, 0.6) is 5.75 Å². The number of halogens is 1. The Labute approximate surface area is 164 Å². The molecule has 0 aliphatic carbocycles. The molecule has 1 aliphatic rings. The zero-order valence-corrected chi connectivity index (χ0v) is 16.5. The lowest BCUT2D eigenvalue weighted by molar-refractivity contribution is -0.117. The number of sulfonamides is 1. The van der Waals surface area contributed by atoms with E-state index >= 15 is 0 Å². The largest absolute Gasteiger partial charge is 0.494 e. The predicted molar refractivity (Wildman–Crippen MR) is 105 cm³/mol. The number of hydrogen-bond acceptors (Lipinski definition) is 4. The zero-order chi connectivity index (χ0) is 19.4. The number of amides is 1. The number of rotatable bonds is 7. The molecule has 2 aromatic carbocycles. The van der Waals surface area contributed by atoms with Gasteiger partial charge in [0.1, 0.15) is 10.6 Å². The molecule has 1 heterocycles. The minimum atomic E-state index is -3.72. The Balaban J connectivity index is 1.63. The first-order chi connectivity index (χ1) is 12.9. The van der Waals surface area contributed by atoms with Gasteiger partial charge in [-0.3, -0.25) is 4.79 Å². The summed E-state index contributed by atoms with van der Waals surface area (Å²) < 4.78 is 32.8. The molecule has 1 fully saturated rings. The summed E-state index contributed by atoms with van der Waals surface area (Å²) in [7, 11) is -3.72. The van der Waals surface area contributed by atoms with Crippen molar-refractivity contribution in [2.45, 2.75) is 18.2 Å². The summed E-state index contributed by atoms with van der Waals surface area (Å²) in [5.74, 6) is 0.611. The van der Waals surface area contributed by atoms with Crippen LogP contribution in [-0.4, -0.2) is 34.0 Å². The number of nitrogens with one attached hydrogen (secondary N) is 1. The van der Waals surface area contributed by atoms with Gasteiger partial charge in [-0.1, -0.05) is 23.7 Å². The second kappa shape index (κ2) is 8.29. The van der Waals surface area contributed by atoms with Crippen molar-refractivity contribution in [2.24, 2.45) is 5.92 Å². The summed E-state index contributed by atoms with van der Waals surface area (Å²) in [6, 6.07) is 13.6. The van der Waals surface area contributed by atoms with Gasteiger partial charge in [-0.15, -0.1) is 0 Å². The van der Waals surface area contributed by atoms with E-state index in [9.17, 15) is 13.2 Å². The first kappa shape index (κ1) is 19.7. The maximum Gasteiger partial charge on any atom is 0.242 e. The van der Waals surface area contributed by atoms with E-state index in [1.165, 1.54) is 12.1 Å². The highest BCUT2D eigenvalue weighted by Gasteiger charge is 2.31. The number of anilines is 1. The minimum absolute atomic E-state index is 0.0268. The van der Waals surface area contributed by atoms with Crippen molar-refractivity contribution >= 4 is 33.2 Å². The van der Waals surface area contributed by atoms with Crippen LogP contribution in [0.4, 0.5) is 5.69 Å². The second-order valence-electron chi connectivity index (χ2n) is 6.28. The number of hydrogen-bond donors (Lipinski definition) is 1. The molecule has 0 unspecified atom stereocenters. The zero-order valence-electron chi connectivity index (χ0n) is 14.9. The molecule has 1 atom stereocenters. The Morgan fingerprint density at radius 3 is 2.56 bits per heavy atom. The number of benzene rings is 2. The van der Waals surface area contributed by atoms with Gasteiger partial charge in [0.05, 0.1) is 11.6 Å². The van der Waals surface area contributed by atoms with Crippen molar-refractivity contribution in [2.75, 3.05) is 24.6 Å². The molecule has 2 aromatic rings. The van der Waals surface area contributed by atoms with Crippen LogP contribution in [0, 0.1) is 5.92 Å². The van der Waals surface area contributed by atoms with Crippen molar-refractivity contribution in [1.29, 1.82) is 0 Å². The molecule has 1 amide bonds. The molecule has 3 rings (SSSR count). The van der Waals surface area contributed by atoms with Gasteiger partial charge >= 0.3 is 0 Å². The lowest BCUT2D eigenvalue weighted by Crippen LogP contribution is -2.31. The number of carbonyl (C=O) groups is 1. The van der Waals surface area contributed by atoms with Gasteiger partial charge in [-0.2, -0.15) is 0 Å². The van der Waals surface area contributed by atoms with Crippen LogP contribution in [0.25, 0.3) is 0 Å². The van der Waals surface area contributed by atoms with Crippen molar-refractivity contribution in [3.8, 4) is 5.75 Å². The number of carbonyl (C=O) groups excluding carboxylic acids is 1. The van der Waals surface area contributed by atoms with Crippen molar-refractivity contribution < 1.29 is 17.9 Å². The minimum Gasteiger partial charge on any atom is -0.494 e. The van der Waals surface area contributed by atoms with E-state index < -0.39 is 10.0 Å². The fourth-order valence-corrected chi connectivity index (χ4v) is 4.66. The quantitative estimate of drug-likeness (QED) is 0.763. The van der Waals surface area contributed by atoms with Crippen molar-refractivity contribution in [1.82, 2.24) is 4.72 Å². The summed E-state index contributed by atoms with van der Waals surface area (Å²) in [5, 5.41) is 0.170. The summed E-state index contributed by atoms with van der Waals surface area (Å²) in [6.45, 7) is 3.12. The first-order valence-electron chi connectivity index (χ1n) is 8.68. The molecule has 144 valence electrons. The Morgan fingerprint density at radius 2 is 1.89 bits per heavy atom. The molecule has 27 heavy (non-hydrogen) atoms. The molecule has 0 bridgehead atoms. The van der Waals surface area contributed by atoms with Crippen LogP contribution in [0.3, 0.4) is 0 Å². The molecule has 1 N–H and O–H groups in total. The third kappa shape index (κ3) is 4.61. The first-order valence-corrected chi connectivity index (χ1v) is 10.5. The van der Waals surface area contributed by atoms with Gasteiger partial charge in [0, 0.05) is 25.2 Å². The van der Waals surface area contributed by atoms with E-state index in [1.54, 1.807) is 17.0 Å². The summed E-state index contributed by atoms with van der Waals surface area (Å²) >= 11 is 5.97. The molecule has 0 aromatic heterocycles. The van der Waals surface area contributed by atoms with E-state index in [1.807, 2.05) is 31.2 Å². The third-order valence-electron chi connectivity index (χ3n) is 4.35. The Hall–Kier alpha value is -2.09. The summed E-state index contributed by atoms with van der Waals surface area (Å²) in [4.78, 5) is 14.1. The standard InChI is InChI=1S/C19H21ClN2O4S/c1-2-26-16-9-7-15(8-10-16)22-13-14(11-19(22)23)12-21-27(24,25)18-6-4-3-5-17(18)20/h3-10,14,21H,2,11-13H2,1H3/t14-/m0/s1. The monoisotopic (exact) mass is 408 g/mol. The lowest BCUT2D eigenvalue weighted by atomic mass is 10.1.